The third kappa shape index (κ3) is 5.66. The van der Waals surface area contributed by atoms with Crippen molar-refractivity contribution in [2.24, 2.45) is 4.99 Å². The first-order chi connectivity index (χ1) is 13.2. The van der Waals surface area contributed by atoms with E-state index in [1.165, 1.54) is 18.3 Å². The standard InChI is InChI=1S/C20H31N7.HI/c1-4-21-20(27-11-10-18(14-27)26(5-2)6-3)22-13-16-8-7-9-17(12-16)19-23-15-24-25-19;/h7-9,12,15,18H,4-6,10-11,13-14H2,1-3H3,(H,21,22)(H,23,24,25);1H. The highest BCUT2D eigenvalue weighted by Gasteiger charge is 2.27. The zero-order valence-electron chi connectivity index (χ0n) is 17.1. The molecule has 0 radical (unpaired) electrons. The van der Waals surface area contributed by atoms with Gasteiger partial charge in [0.15, 0.2) is 11.8 Å². The van der Waals surface area contributed by atoms with Crippen LogP contribution in [0.4, 0.5) is 0 Å². The van der Waals surface area contributed by atoms with Crippen molar-refractivity contribution in [3.05, 3.63) is 36.2 Å². The van der Waals surface area contributed by atoms with Gasteiger partial charge in [-0.3, -0.25) is 10.00 Å². The first-order valence-corrected chi connectivity index (χ1v) is 9.97. The molecule has 1 aromatic heterocycles. The number of aromatic nitrogens is 3. The lowest BCUT2D eigenvalue weighted by Gasteiger charge is -2.27. The van der Waals surface area contributed by atoms with E-state index in [1.807, 2.05) is 12.1 Å². The molecule has 2 N–H and O–H groups in total. The van der Waals surface area contributed by atoms with E-state index >= 15 is 0 Å². The first kappa shape index (κ1) is 22.6. The Morgan fingerprint density at radius 2 is 2.14 bits per heavy atom. The summed E-state index contributed by atoms with van der Waals surface area (Å²) in [6, 6.07) is 8.93. The van der Waals surface area contributed by atoms with Crippen molar-refractivity contribution in [3.8, 4) is 11.4 Å². The van der Waals surface area contributed by atoms with Crippen LogP contribution in [0, 0.1) is 0 Å². The molecule has 2 heterocycles. The highest BCUT2D eigenvalue weighted by atomic mass is 127. The molecule has 1 aromatic carbocycles. The van der Waals surface area contributed by atoms with Crippen LogP contribution in [0.1, 0.15) is 32.8 Å². The number of aliphatic imine (C=N–C) groups is 1. The number of benzene rings is 1. The molecule has 0 spiro atoms. The highest BCUT2D eigenvalue weighted by Crippen LogP contribution is 2.18. The van der Waals surface area contributed by atoms with Crippen molar-refractivity contribution in [2.75, 3.05) is 32.7 Å². The molecule has 1 unspecified atom stereocenters. The lowest BCUT2D eigenvalue weighted by atomic mass is 10.1. The zero-order chi connectivity index (χ0) is 19.1. The average Bonchev–Trinajstić information content (AvgIpc) is 3.39. The minimum Gasteiger partial charge on any atom is -0.357 e. The summed E-state index contributed by atoms with van der Waals surface area (Å²) in [5.74, 6) is 1.80. The van der Waals surface area contributed by atoms with Crippen LogP contribution < -0.4 is 5.32 Å². The number of guanidine groups is 1. The van der Waals surface area contributed by atoms with Crippen LogP contribution in [0.15, 0.2) is 35.6 Å². The first-order valence-electron chi connectivity index (χ1n) is 9.97. The molecule has 28 heavy (non-hydrogen) atoms. The van der Waals surface area contributed by atoms with Crippen molar-refractivity contribution in [1.29, 1.82) is 0 Å². The molecule has 1 aliphatic rings. The van der Waals surface area contributed by atoms with Crippen LogP contribution in [0.5, 0.6) is 0 Å². The molecule has 1 atom stereocenters. The zero-order valence-corrected chi connectivity index (χ0v) is 19.4. The molecular formula is C20H32IN7. The van der Waals surface area contributed by atoms with E-state index in [-0.39, 0.29) is 24.0 Å². The molecule has 0 amide bonds. The topological polar surface area (TPSA) is 72.4 Å². The second-order valence-electron chi connectivity index (χ2n) is 6.81. The second-order valence-corrected chi connectivity index (χ2v) is 6.81. The Hall–Kier alpha value is -1.68. The summed E-state index contributed by atoms with van der Waals surface area (Å²) in [7, 11) is 0. The van der Waals surface area contributed by atoms with Gasteiger partial charge in [-0.05, 0) is 38.1 Å². The minimum atomic E-state index is 0. The predicted octanol–water partition coefficient (Wildman–Crippen LogP) is 2.97. The van der Waals surface area contributed by atoms with Gasteiger partial charge in [-0.2, -0.15) is 5.10 Å². The van der Waals surface area contributed by atoms with E-state index in [4.69, 9.17) is 4.99 Å². The summed E-state index contributed by atoms with van der Waals surface area (Å²) in [5, 5.41) is 10.3. The summed E-state index contributed by atoms with van der Waals surface area (Å²) in [6.45, 7) is 12.5. The summed E-state index contributed by atoms with van der Waals surface area (Å²) in [4.78, 5) is 14.1. The molecule has 1 saturated heterocycles. The highest BCUT2D eigenvalue weighted by molar-refractivity contribution is 14.0. The molecule has 3 rings (SSSR count). The van der Waals surface area contributed by atoms with E-state index in [1.54, 1.807) is 0 Å². The van der Waals surface area contributed by atoms with Crippen molar-refractivity contribution in [2.45, 2.75) is 39.8 Å². The van der Waals surface area contributed by atoms with Crippen LogP contribution >= 0.6 is 24.0 Å². The van der Waals surface area contributed by atoms with E-state index < -0.39 is 0 Å². The number of rotatable bonds is 7. The third-order valence-corrected chi connectivity index (χ3v) is 5.15. The Labute approximate surface area is 185 Å². The molecule has 154 valence electrons. The van der Waals surface area contributed by atoms with Gasteiger partial charge in [-0.1, -0.05) is 32.0 Å². The fourth-order valence-corrected chi connectivity index (χ4v) is 3.73. The van der Waals surface area contributed by atoms with Gasteiger partial charge in [0.25, 0.3) is 0 Å². The molecular weight excluding hydrogens is 465 g/mol. The van der Waals surface area contributed by atoms with Crippen LogP contribution in [0.25, 0.3) is 11.4 Å². The SMILES string of the molecule is CCNC(=NCc1cccc(-c2ncn[nH]2)c1)N1CCC(N(CC)CC)C1.I. The van der Waals surface area contributed by atoms with E-state index in [0.29, 0.717) is 12.6 Å². The number of hydrogen-bond donors (Lipinski definition) is 2. The number of aromatic amines is 1. The van der Waals surface area contributed by atoms with Crippen LogP contribution in [-0.2, 0) is 6.54 Å². The largest absolute Gasteiger partial charge is 0.357 e. The number of nitrogens with zero attached hydrogens (tertiary/aromatic N) is 5. The van der Waals surface area contributed by atoms with Crippen molar-refractivity contribution >= 4 is 29.9 Å². The molecule has 1 fully saturated rings. The van der Waals surface area contributed by atoms with Crippen molar-refractivity contribution < 1.29 is 0 Å². The smallest absolute Gasteiger partial charge is 0.194 e. The van der Waals surface area contributed by atoms with E-state index in [9.17, 15) is 0 Å². The van der Waals surface area contributed by atoms with Gasteiger partial charge in [0.1, 0.15) is 6.33 Å². The predicted molar refractivity (Wildman–Crippen MR) is 125 cm³/mol. The summed E-state index contributed by atoms with van der Waals surface area (Å²) >= 11 is 0. The maximum atomic E-state index is 4.90. The van der Waals surface area contributed by atoms with Crippen LogP contribution in [-0.4, -0.2) is 69.7 Å². The fourth-order valence-electron chi connectivity index (χ4n) is 3.73. The van der Waals surface area contributed by atoms with Crippen LogP contribution in [0.2, 0.25) is 0 Å². The molecule has 1 aliphatic heterocycles. The molecule has 2 aromatic rings. The lowest BCUT2D eigenvalue weighted by molar-refractivity contribution is 0.223. The van der Waals surface area contributed by atoms with Gasteiger partial charge >= 0.3 is 0 Å². The lowest BCUT2D eigenvalue weighted by Crippen LogP contribution is -2.43. The minimum absolute atomic E-state index is 0. The quantitative estimate of drug-likeness (QED) is 0.350. The molecule has 7 nitrogen and oxygen atoms in total. The number of likely N-dealkylation sites (tertiary alicyclic amines) is 1. The second kappa shape index (κ2) is 11.4. The van der Waals surface area contributed by atoms with Gasteiger partial charge < -0.3 is 10.2 Å². The number of hydrogen-bond acceptors (Lipinski definition) is 4. The molecule has 0 saturated carbocycles. The van der Waals surface area contributed by atoms with Crippen molar-refractivity contribution in [3.63, 3.8) is 0 Å². The van der Waals surface area contributed by atoms with E-state index in [2.05, 4.69) is 63.2 Å². The van der Waals surface area contributed by atoms with Crippen LogP contribution in [0.3, 0.4) is 0 Å². The number of H-pyrrole nitrogens is 1. The van der Waals surface area contributed by atoms with Crippen molar-refractivity contribution in [1.82, 2.24) is 30.3 Å². The molecule has 0 aliphatic carbocycles. The summed E-state index contributed by atoms with van der Waals surface area (Å²) < 4.78 is 0. The Balaban J connectivity index is 0.00000280. The molecule has 0 bridgehead atoms. The monoisotopic (exact) mass is 497 g/mol. The van der Waals surface area contributed by atoms with Gasteiger partial charge in [0, 0.05) is 31.2 Å². The summed E-state index contributed by atoms with van der Waals surface area (Å²) in [6.07, 6.45) is 2.73. The average molecular weight is 497 g/mol. The number of likely N-dealkylation sites (N-methyl/N-ethyl adjacent to an activating group) is 1. The molecule has 8 heteroatoms. The van der Waals surface area contributed by atoms with Gasteiger partial charge in [0.2, 0.25) is 0 Å². The van der Waals surface area contributed by atoms with Gasteiger partial charge in [0.05, 0.1) is 6.54 Å². The Morgan fingerprint density at radius 1 is 1.32 bits per heavy atom. The number of nitrogens with one attached hydrogen (secondary N) is 2. The van der Waals surface area contributed by atoms with E-state index in [0.717, 1.165) is 50.1 Å². The normalized spacial score (nSPS) is 17.1. The van der Waals surface area contributed by atoms with Gasteiger partial charge in [-0.15, -0.1) is 24.0 Å². The maximum Gasteiger partial charge on any atom is 0.194 e. The Kier molecular flexibility index (Phi) is 9.17. The van der Waals surface area contributed by atoms with Gasteiger partial charge in [-0.25, -0.2) is 9.98 Å². The third-order valence-electron chi connectivity index (χ3n) is 5.15. The Bertz CT molecular complexity index is 728. The summed E-state index contributed by atoms with van der Waals surface area (Å²) in [5.41, 5.74) is 2.20. The Morgan fingerprint density at radius 3 is 2.82 bits per heavy atom. The number of halogens is 1. The maximum absolute atomic E-state index is 4.90. The fraction of sp³-hybridized carbons (Fsp3) is 0.550.